The number of piperazine rings is 1. The van der Waals surface area contributed by atoms with Gasteiger partial charge in [0.2, 0.25) is 0 Å². The Balaban J connectivity index is 1.24. The van der Waals surface area contributed by atoms with E-state index in [1.165, 1.54) is 11.3 Å². The average Bonchev–Trinajstić information content (AvgIpc) is 3.20. The molecule has 5 rings (SSSR count). The van der Waals surface area contributed by atoms with Gasteiger partial charge in [-0.1, -0.05) is 52.5 Å². The summed E-state index contributed by atoms with van der Waals surface area (Å²) >= 11 is 26.3. The molecule has 184 valence electrons. The number of fused-ring (bicyclic) bond motifs is 1. The van der Waals surface area contributed by atoms with Crippen LogP contribution in [0.3, 0.4) is 0 Å². The molecule has 1 aliphatic rings. The highest BCUT2D eigenvalue weighted by molar-refractivity contribution is 7.21. The van der Waals surface area contributed by atoms with Gasteiger partial charge in [-0.15, -0.1) is 11.3 Å². The Kier molecular flexibility index (Phi) is 7.33. The number of carbonyl (C=O) groups is 2. The molecule has 0 unspecified atom stereocenters. The number of rotatable bonds is 4. The largest absolute Gasteiger partial charge is 0.367 e. The third-order valence-corrected chi connectivity index (χ3v) is 8.45. The number of halogens is 4. The molecular formula is C26H19Cl4N3O2S. The molecule has 1 aliphatic heterocycles. The minimum atomic E-state index is -0.310. The monoisotopic (exact) mass is 577 g/mol. The van der Waals surface area contributed by atoms with Crippen molar-refractivity contribution in [2.75, 3.05) is 36.4 Å². The third kappa shape index (κ3) is 5.15. The van der Waals surface area contributed by atoms with Gasteiger partial charge in [-0.25, -0.2) is 0 Å². The molecule has 1 aromatic heterocycles. The summed E-state index contributed by atoms with van der Waals surface area (Å²) in [4.78, 5) is 30.0. The molecule has 10 heteroatoms. The van der Waals surface area contributed by atoms with E-state index in [1.807, 2.05) is 23.1 Å². The Morgan fingerprint density at radius 1 is 0.806 bits per heavy atom. The predicted octanol–water partition coefficient (Wildman–Crippen LogP) is 7.73. The van der Waals surface area contributed by atoms with Crippen LogP contribution in [0.4, 0.5) is 11.4 Å². The highest BCUT2D eigenvalue weighted by Gasteiger charge is 2.24. The lowest BCUT2D eigenvalue weighted by Gasteiger charge is -2.36. The molecule has 0 atom stereocenters. The van der Waals surface area contributed by atoms with E-state index in [1.54, 1.807) is 42.5 Å². The molecule has 3 aromatic carbocycles. The first kappa shape index (κ1) is 25.2. The Morgan fingerprint density at radius 3 is 2.19 bits per heavy atom. The summed E-state index contributed by atoms with van der Waals surface area (Å²) in [5.74, 6) is -0.326. The fraction of sp³-hybridized carbons (Fsp3) is 0.154. The van der Waals surface area contributed by atoms with E-state index >= 15 is 0 Å². The number of anilines is 2. The summed E-state index contributed by atoms with van der Waals surface area (Å²) < 4.78 is 0.847. The first-order valence-electron chi connectivity index (χ1n) is 11.1. The molecule has 2 amide bonds. The van der Waals surface area contributed by atoms with Crippen molar-refractivity contribution in [1.29, 1.82) is 0 Å². The lowest BCUT2D eigenvalue weighted by atomic mass is 10.1. The lowest BCUT2D eigenvalue weighted by Crippen LogP contribution is -2.48. The van der Waals surface area contributed by atoms with Gasteiger partial charge in [-0.2, -0.15) is 0 Å². The molecule has 1 fully saturated rings. The SMILES string of the molecule is O=C(Nc1ccc(N2CCN(C(=O)c3ccc(Cl)cc3)CC2)c(Cl)c1)c1sc2cc(Cl)ccc2c1Cl. The van der Waals surface area contributed by atoms with Crippen molar-refractivity contribution in [3.05, 3.63) is 91.2 Å². The van der Waals surface area contributed by atoms with Crippen molar-refractivity contribution in [1.82, 2.24) is 4.90 Å². The number of hydrogen-bond acceptors (Lipinski definition) is 4. The van der Waals surface area contributed by atoms with E-state index in [2.05, 4.69) is 10.2 Å². The Hall–Kier alpha value is -2.48. The van der Waals surface area contributed by atoms with Crippen molar-refractivity contribution < 1.29 is 9.59 Å². The normalized spacial score (nSPS) is 13.8. The number of thiophene rings is 1. The molecule has 0 aliphatic carbocycles. The minimum Gasteiger partial charge on any atom is -0.367 e. The molecule has 5 nitrogen and oxygen atoms in total. The number of benzene rings is 3. The maximum Gasteiger partial charge on any atom is 0.267 e. The van der Waals surface area contributed by atoms with Crippen LogP contribution in [0.15, 0.2) is 60.7 Å². The Morgan fingerprint density at radius 2 is 1.50 bits per heavy atom. The van der Waals surface area contributed by atoms with E-state index in [0.717, 1.165) is 15.8 Å². The summed E-state index contributed by atoms with van der Waals surface area (Å²) in [5.41, 5.74) is 2.03. The second kappa shape index (κ2) is 10.5. The van der Waals surface area contributed by atoms with Gasteiger partial charge in [0.05, 0.1) is 15.7 Å². The van der Waals surface area contributed by atoms with Crippen LogP contribution in [0.5, 0.6) is 0 Å². The molecule has 0 radical (unpaired) electrons. The van der Waals surface area contributed by atoms with E-state index in [9.17, 15) is 9.59 Å². The molecular weight excluding hydrogens is 560 g/mol. The maximum atomic E-state index is 12.9. The second-order valence-electron chi connectivity index (χ2n) is 8.29. The average molecular weight is 579 g/mol. The number of hydrogen-bond donors (Lipinski definition) is 1. The fourth-order valence-corrected chi connectivity index (χ4v) is 6.25. The van der Waals surface area contributed by atoms with Gasteiger partial charge >= 0.3 is 0 Å². The van der Waals surface area contributed by atoms with E-state index in [-0.39, 0.29) is 11.8 Å². The molecule has 0 saturated carbocycles. The first-order valence-corrected chi connectivity index (χ1v) is 13.4. The van der Waals surface area contributed by atoms with Crippen LogP contribution in [0.2, 0.25) is 20.1 Å². The van der Waals surface area contributed by atoms with Crippen molar-refractivity contribution in [3.8, 4) is 0 Å². The molecule has 36 heavy (non-hydrogen) atoms. The number of nitrogens with zero attached hydrogens (tertiary/aromatic N) is 2. The Labute approximate surface area is 232 Å². The highest BCUT2D eigenvalue weighted by atomic mass is 35.5. The van der Waals surface area contributed by atoms with Crippen molar-refractivity contribution in [2.45, 2.75) is 0 Å². The number of carbonyl (C=O) groups excluding carboxylic acids is 2. The van der Waals surface area contributed by atoms with Crippen molar-refractivity contribution in [3.63, 3.8) is 0 Å². The minimum absolute atomic E-state index is 0.0161. The van der Waals surface area contributed by atoms with Gasteiger partial charge in [0.15, 0.2) is 0 Å². The summed E-state index contributed by atoms with van der Waals surface area (Å²) in [6.07, 6.45) is 0. The van der Waals surface area contributed by atoms with E-state index in [4.69, 9.17) is 46.4 Å². The van der Waals surface area contributed by atoms with Crippen LogP contribution in [-0.4, -0.2) is 42.9 Å². The molecule has 1 N–H and O–H groups in total. The predicted molar refractivity (Wildman–Crippen MR) is 151 cm³/mol. The summed E-state index contributed by atoms with van der Waals surface area (Å²) in [5, 5.41) is 5.77. The smallest absolute Gasteiger partial charge is 0.267 e. The maximum absolute atomic E-state index is 12.9. The molecule has 0 spiro atoms. The fourth-order valence-electron chi connectivity index (χ4n) is 4.14. The van der Waals surface area contributed by atoms with E-state index in [0.29, 0.717) is 62.4 Å². The van der Waals surface area contributed by atoms with Crippen LogP contribution < -0.4 is 10.2 Å². The van der Waals surface area contributed by atoms with Crippen LogP contribution in [0.25, 0.3) is 10.1 Å². The van der Waals surface area contributed by atoms with Gasteiger partial charge in [0.1, 0.15) is 4.88 Å². The van der Waals surface area contributed by atoms with Crippen LogP contribution >= 0.6 is 57.7 Å². The van der Waals surface area contributed by atoms with Gasteiger partial charge in [-0.3, -0.25) is 9.59 Å². The van der Waals surface area contributed by atoms with Crippen LogP contribution in [0, 0.1) is 0 Å². The quantitative estimate of drug-likeness (QED) is 0.269. The van der Waals surface area contributed by atoms with Gasteiger partial charge < -0.3 is 15.1 Å². The lowest BCUT2D eigenvalue weighted by molar-refractivity contribution is 0.0746. The van der Waals surface area contributed by atoms with Crippen LogP contribution in [0.1, 0.15) is 20.0 Å². The Bertz CT molecular complexity index is 1460. The van der Waals surface area contributed by atoms with Crippen molar-refractivity contribution in [2.24, 2.45) is 0 Å². The summed E-state index contributed by atoms with van der Waals surface area (Å²) in [6, 6.07) is 17.7. The third-order valence-electron chi connectivity index (χ3n) is 6.00. The standard InChI is InChI=1S/C26H19Cl4N3O2S/c27-16-3-1-15(2-4-16)26(35)33-11-9-32(10-12-33)21-8-6-18(14-20(21)29)31-25(34)24-23(30)19-7-5-17(28)13-22(19)36-24/h1-8,13-14H,9-12H2,(H,31,34). The summed E-state index contributed by atoms with van der Waals surface area (Å²) in [6.45, 7) is 2.44. The topological polar surface area (TPSA) is 52.7 Å². The van der Waals surface area contributed by atoms with Gasteiger partial charge in [0.25, 0.3) is 11.8 Å². The zero-order valence-corrected chi connectivity index (χ0v) is 22.6. The second-order valence-corrected chi connectivity index (χ2v) is 11.0. The molecule has 4 aromatic rings. The van der Waals surface area contributed by atoms with Gasteiger partial charge in [-0.05, 0) is 54.6 Å². The summed E-state index contributed by atoms with van der Waals surface area (Å²) in [7, 11) is 0. The van der Waals surface area contributed by atoms with Crippen molar-refractivity contribution >= 4 is 91.0 Å². The number of nitrogens with one attached hydrogen (secondary N) is 1. The zero-order valence-electron chi connectivity index (χ0n) is 18.7. The first-order chi connectivity index (χ1) is 17.3. The molecule has 0 bridgehead atoms. The zero-order chi connectivity index (χ0) is 25.4. The van der Waals surface area contributed by atoms with E-state index < -0.39 is 0 Å². The highest BCUT2D eigenvalue weighted by Crippen LogP contribution is 2.37. The molecule has 2 heterocycles. The molecule has 1 saturated heterocycles. The van der Waals surface area contributed by atoms with Crippen LogP contribution in [-0.2, 0) is 0 Å². The van der Waals surface area contributed by atoms with Gasteiger partial charge in [0, 0.05) is 57.6 Å². The number of amides is 2.